The van der Waals surface area contributed by atoms with Gasteiger partial charge in [0, 0.05) is 19.2 Å². The van der Waals surface area contributed by atoms with Crippen molar-refractivity contribution in [3.05, 3.63) is 77.9 Å². The maximum absolute atomic E-state index is 11.9. The average Bonchev–Trinajstić information content (AvgIpc) is 2.69. The van der Waals surface area contributed by atoms with Crippen LogP contribution < -0.4 is 5.32 Å². The molecule has 1 N–H and O–H groups in total. The molecule has 3 rings (SSSR count). The fourth-order valence-electron chi connectivity index (χ4n) is 3.47. The van der Waals surface area contributed by atoms with Crippen LogP contribution in [-0.4, -0.2) is 30.4 Å². The molecular formula is C23H29ClN2O. The smallest absolute Gasteiger partial charge is 0.243 e. The van der Waals surface area contributed by atoms with E-state index in [0.717, 1.165) is 44.1 Å². The lowest BCUT2D eigenvalue weighted by Crippen LogP contribution is -2.34. The monoisotopic (exact) mass is 384 g/mol. The quantitative estimate of drug-likeness (QED) is 0.711. The molecule has 0 aromatic heterocycles. The minimum atomic E-state index is -0.00429. The van der Waals surface area contributed by atoms with E-state index in [-0.39, 0.29) is 18.3 Å². The molecule has 1 aliphatic rings. The zero-order chi connectivity index (χ0) is 18.0. The number of rotatable bonds is 7. The van der Waals surface area contributed by atoms with Crippen molar-refractivity contribution in [3.8, 4) is 0 Å². The molecule has 0 unspecified atom stereocenters. The van der Waals surface area contributed by atoms with Gasteiger partial charge in [-0.2, -0.15) is 0 Å². The first kappa shape index (κ1) is 21.2. The predicted molar refractivity (Wildman–Crippen MR) is 115 cm³/mol. The first-order chi connectivity index (χ1) is 12.8. The van der Waals surface area contributed by atoms with Crippen molar-refractivity contribution in [2.75, 3.05) is 19.6 Å². The van der Waals surface area contributed by atoms with Gasteiger partial charge in [0.15, 0.2) is 0 Å². The average molecular weight is 385 g/mol. The van der Waals surface area contributed by atoms with Gasteiger partial charge >= 0.3 is 0 Å². The molecule has 4 heteroatoms. The van der Waals surface area contributed by atoms with Crippen molar-refractivity contribution in [2.24, 2.45) is 5.92 Å². The van der Waals surface area contributed by atoms with Gasteiger partial charge in [0.05, 0.1) is 0 Å². The molecule has 1 fully saturated rings. The van der Waals surface area contributed by atoms with E-state index in [1.807, 2.05) is 36.4 Å². The van der Waals surface area contributed by atoms with Gasteiger partial charge in [0.1, 0.15) is 0 Å². The topological polar surface area (TPSA) is 32.3 Å². The maximum Gasteiger partial charge on any atom is 0.243 e. The second-order valence-electron chi connectivity index (χ2n) is 7.03. The number of hydrogen-bond acceptors (Lipinski definition) is 2. The Balaban J connectivity index is 0.00000261. The lowest BCUT2D eigenvalue weighted by atomic mass is 9.93. The first-order valence-corrected chi connectivity index (χ1v) is 9.57. The molecule has 1 saturated heterocycles. The Morgan fingerprint density at radius 1 is 1.00 bits per heavy atom. The van der Waals surface area contributed by atoms with E-state index in [1.165, 1.54) is 18.4 Å². The summed E-state index contributed by atoms with van der Waals surface area (Å²) in [5.41, 5.74) is 2.44. The first-order valence-electron chi connectivity index (χ1n) is 9.57. The molecule has 0 radical (unpaired) electrons. The molecule has 1 aliphatic heterocycles. The van der Waals surface area contributed by atoms with Gasteiger partial charge in [-0.3, -0.25) is 9.69 Å². The minimum Gasteiger partial charge on any atom is -0.353 e. The Morgan fingerprint density at radius 2 is 1.63 bits per heavy atom. The minimum absolute atomic E-state index is 0. The molecule has 0 aliphatic carbocycles. The molecule has 0 atom stereocenters. The number of carbonyl (C=O) groups is 1. The van der Waals surface area contributed by atoms with Crippen LogP contribution in [0.15, 0.2) is 66.7 Å². The maximum atomic E-state index is 11.9. The number of carbonyl (C=O) groups excluding carboxylic acids is 1. The van der Waals surface area contributed by atoms with Gasteiger partial charge in [-0.25, -0.2) is 0 Å². The summed E-state index contributed by atoms with van der Waals surface area (Å²) in [5.74, 6) is 0.718. The molecule has 27 heavy (non-hydrogen) atoms. The van der Waals surface area contributed by atoms with Gasteiger partial charge < -0.3 is 5.32 Å². The molecule has 0 spiro atoms. The van der Waals surface area contributed by atoms with Crippen molar-refractivity contribution >= 4 is 24.4 Å². The summed E-state index contributed by atoms with van der Waals surface area (Å²) in [6.07, 6.45) is 7.00. The van der Waals surface area contributed by atoms with E-state index in [1.54, 1.807) is 6.08 Å². The van der Waals surface area contributed by atoms with E-state index in [2.05, 4.69) is 40.5 Å². The van der Waals surface area contributed by atoms with E-state index < -0.39 is 0 Å². The molecule has 1 heterocycles. The van der Waals surface area contributed by atoms with Crippen LogP contribution in [0.25, 0.3) is 6.08 Å². The molecule has 144 valence electrons. The number of piperidine rings is 1. The van der Waals surface area contributed by atoms with Gasteiger partial charge in [0.2, 0.25) is 5.91 Å². The van der Waals surface area contributed by atoms with Gasteiger partial charge in [-0.1, -0.05) is 60.7 Å². The van der Waals surface area contributed by atoms with Crippen LogP contribution in [0, 0.1) is 5.92 Å². The largest absolute Gasteiger partial charge is 0.353 e. The third-order valence-electron chi connectivity index (χ3n) is 5.03. The van der Waals surface area contributed by atoms with Crippen molar-refractivity contribution in [1.29, 1.82) is 0 Å². The van der Waals surface area contributed by atoms with Gasteiger partial charge in [-0.15, -0.1) is 12.4 Å². The van der Waals surface area contributed by atoms with Crippen LogP contribution in [0.4, 0.5) is 0 Å². The highest BCUT2D eigenvalue weighted by atomic mass is 35.5. The number of hydrogen-bond donors (Lipinski definition) is 1. The Labute approximate surface area is 168 Å². The van der Waals surface area contributed by atoms with Crippen molar-refractivity contribution < 1.29 is 4.79 Å². The fourth-order valence-corrected chi connectivity index (χ4v) is 3.47. The summed E-state index contributed by atoms with van der Waals surface area (Å²) in [4.78, 5) is 14.4. The molecule has 0 bridgehead atoms. The Morgan fingerprint density at radius 3 is 2.30 bits per heavy atom. The second kappa shape index (κ2) is 11.6. The highest BCUT2D eigenvalue weighted by molar-refractivity contribution is 5.91. The summed E-state index contributed by atoms with van der Waals surface area (Å²) < 4.78 is 0. The van der Waals surface area contributed by atoms with E-state index in [4.69, 9.17) is 0 Å². The Hall–Kier alpha value is -2.10. The van der Waals surface area contributed by atoms with Crippen LogP contribution in [0.2, 0.25) is 0 Å². The van der Waals surface area contributed by atoms with Crippen molar-refractivity contribution in [2.45, 2.75) is 25.8 Å². The van der Waals surface area contributed by atoms with E-state index >= 15 is 0 Å². The van der Waals surface area contributed by atoms with E-state index in [0.29, 0.717) is 0 Å². The normalized spacial score (nSPS) is 15.4. The summed E-state index contributed by atoms with van der Waals surface area (Å²) in [6.45, 7) is 4.12. The molecule has 0 saturated carbocycles. The number of likely N-dealkylation sites (tertiary alicyclic amines) is 1. The number of nitrogens with one attached hydrogen (secondary N) is 1. The highest BCUT2D eigenvalue weighted by Crippen LogP contribution is 2.21. The molecular weight excluding hydrogens is 356 g/mol. The second-order valence-corrected chi connectivity index (χ2v) is 7.03. The molecule has 2 aromatic rings. The summed E-state index contributed by atoms with van der Waals surface area (Å²) in [5, 5.41) is 3.01. The number of benzene rings is 2. The zero-order valence-electron chi connectivity index (χ0n) is 15.7. The number of nitrogens with zero attached hydrogens (tertiary/aromatic N) is 1. The Kier molecular flexibility index (Phi) is 9.09. The molecule has 3 nitrogen and oxygen atoms in total. The molecule has 2 aromatic carbocycles. The number of halogens is 1. The van der Waals surface area contributed by atoms with Crippen LogP contribution >= 0.6 is 12.4 Å². The Bertz CT molecular complexity index is 695. The lowest BCUT2D eigenvalue weighted by Gasteiger charge is -2.32. The standard InChI is InChI=1S/C23H28N2O.ClH/c26-23(12-11-20-7-3-1-4-8-20)24-16-13-21-14-17-25(18-15-21)19-22-9-5-2-6-10-22;/h1-12,21H,13-19H2,(H,24,26);1H. The van der Waals surface area contributed by atoms with Crippen molar-refractivity contribution in [3.63, 3.8) is 0 Å². The highest BCUT2D eigenvalue weighted by Gasteiger charge is 2.18. The number of amides is 1. The van der Waals surface area contributed by atoms with Crippen LogP contribution in [-0.2, 0) is 11.3 Å². The van der Waals surface area contributed by atoms with Crippen LogP contribution in [0.5, 0.6) is 0 Å². The summed E-state index contributed by atoms with van der Waals surface area (Å²) >= 11 is 0. The van der Waals surface area contributed by atoms with Gasteiger partial charge in [-0.05, 0) is 55.5 Å². The van der Waals surface area contributed by atoms with Crippen molar-refractivity contribution in [1.82, 2.24) is 10.2 Å². The third kappa shape index (κ3) is 7.58. The summed E-state index contributed by atoms with van der Waals surface area (Å²) in [7, 11) is 0. The summed E-state index contributed by atoms with van der Waals surface area (Å²) in [6, 6.07) is 20.6. The zero-order valence-corrected chi connectivity index (χ0v) is 16.5. The third-order valence-corrected chi connectivity index (χ3v) is 5.03. The molecule has 1 amide bonds. The van der Waals surface area contributed by atoms with Crippen LogP contribution in [0.1, 0.15) is 30.4 Å². The van der Waals surface area contributed by atoms with Gasteiger partial charge in [0.25, 0.3) is 0 Å². The van der Waals surface area contributed by atoms with E-state index in [9.17, 15) is 4.79 Å². The SMILES string of the molecule is Cl.O=C(C=Cc1ccccc1)NCCC1CCN(Cc2ccccc2)CC1. The lowest BCUT2D eigenvalue weighted by molar-refractivity contribution is -0.116. The predicted octanol–water partition coefficient (Wildman–Crippen LogP) is 4.54. The van der Waals surface area contributed by atoms with Crippen LogP contribution in [0.3, 0.4) is 0 Å². The fraction of sp³-hybridized carbons (Fsp3) is 0.348.